The maximum Gasteiger partial charge on any atom is 0.318 e. The first-order chi connectivity index (χ1) is 11.7. The molecule has 2 atom stereocenters. The number of carbonyl (C=O) groups excluding carboxylic acids is 1. The quantitative estimate of drug-likeness (QED) is 0.806. The van der Waals surface area contributed by atoms with Gasteiger partial charge in [-0.05, 0) is 49.1 Å². The molecule has 5 heteroatoms. The van der Waals surface area contributed by atoms with Gasteiger partial charge in [0.05, 0.1) is 25.3 Å². The Morgan fingerprint density at radius 1 is 1.38 bits per heavy atom. The number of hydrogen-bond acceptors (Lipinski definition) is 3. The van der Waals surface area contributed by atoms with Crippen LogP contribution in [0.3, 0.4) is 0 Å². The van der Waals surface area contributed by atoms with Gasteiger partial charge in [-0.2, -0.15) is 0 Å². The van der Waals surface area contributed by atoms with Crippen LogP contribution in [0.15, 0.2) is 24.3 Å². The molecule has 2 aliphatic carbocycles. The summed E-state index contributed by atoms with van der Waals surface area (Å²) in [5.41, 5.74) is 2.54. The zero-order chi connectivity index (χ0) is 16.9. The molecule has 0 aliphatic heterocycles. The number of aliphatic hydroxyl groups is 1. The Labute approximate surface area is 144 Å². The van der Waals surface area contributed by atoms with E-state index in [0.29, 0.717) is 19.1 Å². The second-order valence-electron chi connectivity index (χ2n) is 6.87. The molecule has 0 aromatic heterocycles. The molecule has 0 spiro atoms. The van der Waals surface area contributed by atoms with Crippen molar-refractivity contribution in [2.24, 2.45) is 5.92 Å². The SMILES string of the molecule is COCC(NC(=O)N(CCO)C1CCCc2ccccc21)C1CC1. The summed E-state index contributed by atoms with van der Waals surface area (Å²) in [6, 6.07) is 8.38. The van der Waals surface area contributed by atoms with Crippen molar-refractivity contribution >= 4 is 6.03 Å². The van der Waals surface area contributed by atoms with E-state index in [9.17, 15) is 9.90 Å². The van der Waals surface area contributed by atoms with Crippen molar-refractivity contribution in [3.05, 3.63) is 35.4 Å². The van der Waals surface area contributed by atoms with Crippen molar-refractivity contribution < 1.29 is 14.6 Å². The number of amides is 2. The predicted molar refractivity (Wildman–Crippen MR) is 92.8 cm³/mol. The number of fused-ring (bicyclic) bond motifs is 1. The number of aliphatic hydroxyl groups excluding tert-OH is 1. The molecule has 1 aromatic carbocycles. The van der Waals surface area contributed by atoms with E-state index in [0.717, 1.165) is 32.1 Å². The van der Waals surface area contributed by atoms with E-state index in [1.807, 2.05) is 11.0 Å². The summed E-state index contributed by atoms with van der Waals surface area (Å²) >= 11 is 0. The van der Waals surface area contributed by atoms with Gasteiger partial charge in [0.25, 0.3) is 0 Å². The fourth-order valence-corrected chi connectivity index (χ4v) is 3.77. The third kappa shape index (κ3) is 3.90. The van der Waals surface area contributed by atoms with Crippen molar-refractivity contribution in [3.8, 4) is 0 Å². The van der Waals surface area contributed by atoms with Crippen molar-refractivity contribution in [1.29, 1.82) is 0 Å². The fraction of sp³-hybridized carbons (Fsp3) is 0.632. The molecule has 1 fully saturated rings. The van der Waals surface area contributed by atoms with E-state index in [4.69, 9.17) is 4.74 Å². The van der Waals surface area contributed by atoms with Crippen molar-refractivity contribution in [2.45, 2.75) is 44.2 Å². The molecule has 0 heterocycles. The molecule has 2 amide bonds. The fourth-order valence-electron chi connectivity index (χ4n) is 3.77. The summed E-state index contributed by atoms with van der Waals surface area (Å²) in [5, 5.41) is 12.6. The van der Waals surface area contributed by atoms with Gasteiger partial charge in [0.2, 0.25) is 0 Å². The van der Waals surface area contributed by atoms with Gasteiger partial charge in [0.15, 0.2) is 0 Å². The van der Waals surface area contributed by atoms with Crippen LogP contribution in [0.2, 0.25) is 0 Å². The van der Waals surface area contributed by atoms with Crippen LogP contribution in [0.5, 0.6) is 0 Å². The molecule has 1 aromatic rings. The molecule has 0 saturated heterocycles. The monoisotopic (exact) mass is 332 g/mol. The van der Waals surface area contributed by atoms with E-state index in [1.54, 1.807) is 7.11 Å². The Balaban J connectivity index is 1.75. The molecule has 2 aliphatic rings. The first-order valence-electron chi connectivity index (χ1n) is 8.99. The Morgan fingerprint density at radius 2 is 2.17 bits per heavy atom. The van der Waals surface area contributed by atoms with Gasteiger partial charge in [-0.3, -0.25) is 0 Å². The molecule has 3 rings (SSSR count). The summed E-state index contributed by atoms with van der Waals surface area (Å²) < 4.78 is 5.26. The first kappa shape index (κ1) is 17.2. The number of carbonyl (C=O) groups is 1. The van der Waals surface area contributed by atoms with Crippen LogP contribution < -0.4 is 5.32 Å². The number of nitrogens with one attached hydrogen (secondary N) is 1. The molecule has 24 heavy (non-hydrogen) atoms. The topological polar surface area (TPSA) is 61.8 Å². The maximum absolute atomic E-state index is 12.9. The van der Waals surface area contributed by atoms with Crippen LogP contribution in [-0.4, -0.2) is 48.9 Å². The van der Waals surface area contributed by atoms with Gasteiger partial charge < -0.3 is 20.1 Å². The second-order valence-corrected chi connectivity index (χ2v) is 6.87. The lowest BCUT2D eigenvalue weighted by Gasteiger charge is -2.36. The summed E-state index contributed by atoms with van der Waals surface area (Å²) in [4.78, 5) is 14.7. The molecule has 0 radical (unpaired) electrons. The standard InChI is InChI=1S/C19H28N2O3/c1-24-13-17(15-9-10-15)20-19(23)21(11-12-22)18-8-4-6-14-5-2-3-7-16(14)18/h2-3,5,7,15,17-18,22H,4,6,8-13H2,1H3,(H,20,23). The molecule has 1 saturated carbocycles. The summed E-state index contributed by atoms with van der Waals surface area (Å²) in [6.07, 6.45) is 5.39. The smallest absolute Gasteiger partial charge is 0.318 e. The Hall–Kier alpha value is -1.59. The van der Waals surface area contributed by atoms with Crippen molar-refractivity contribution in [2.75, 3.05) is 26.9 Å². The molecular weight excluding hydrogens is 304 g/mol. The highest BCUT2D eigenvalue weighted by Gasteiger charge is 2.35. The largest absolute Gasteiger partial charge is 0.395 e. The number of aryl methyl sites for hydroxylation is 1. The third-order valence-corrected chi connectivity index (χ3v) is 5.16. The van der Waals surface area contributed by atoms with Gasteiger partial charge in [-0.1, -0.05) is 24.3 Å². The lowest BCUT2D eigenvalue weighted by Crippen LogP contribution is -2.49. The molecule has 0 bridgehead atoms. The lowest BCUT2D eigenvalue weighted by atomic mass is 9.87. The van der Waals surface area contributed by atoms with Gasteiger partial charge in [-0.15, -0.1) is 0 Å². The maximum atomic E-state index is 12.9. The van der Waals surface area contributed by atoms with Gasteiger partial charge in [-0.25, -0.2) is 4.79 Å². The predicted octanol–water partition coefficient (Wildman–Crippen LogP) is 2.49. The minimum Gasteiger partial charge on any atom is -0.395 e. The zero-order valence-electron chi connectivity index (χ0n) is 14.4. The number of ether oxygens (including phenoxy) is 1. The average molecular weight is 332 g/mol. The molecule has 132 valence electrons. The minimum atomic E-state index is -0.0836. The van der Waals surface area contributed by atoms with Gasteiger partial charge in [0, 0.05) is 13.7 Å². The van der Waals surface area contributed by atoms with E-state index >= 15 is 0 Å². The number of rotatable bonds is 7. The Morgan fingerprint density at radius 3 is 2.88 bits per heavy atom. The first-order valence-corrected chi connectivity index (χ1v) is 8.99. The molecule has 2 unspecified atom stereocenters. The third-order valence-electron chi connectivity index (χ3n) is 5.16. The molecule has 2 N–H and O–H groups in total. The van der Waals surface area contributed by atoms with Crippen LogP contribution in [0, 0.1) is 5.92 Å². The number of methoxy groups -OCH3 is 1. The molecular formula is C19H28N2O3. The van der Waals surface area contributed by atoms with Gasteiger partial charge >= 0.3 is 6.03 Å². The van der Waals surface area contributed by atoms with E-state index in [2.05, 4.69) is 23.5 Å². The number of benzene rings is 1. The number of hydrogen-bond donors (Lipinski definition) is 2. The van der Waals surface area contributed by atoms with Gasteiger partial charge in [0.1, 0.15) is 0 Å². The van der Waals surface area contributed by atoms with E-state index < -0.39 is 0 Å². The van der Waals surface area contributed by atoms with Crippen LogP contribution in [-0.2, 0) is 11.2 Å². The van der Waals surface area contributed by atoms with E-state index in [1.165, 1.54) is 11.1 Å². The summed E-state index contributed by atoms with van der Waals surface area (Å²) in [7, 11) is 1.67. The van der Waals surface area contributed by atoms with Crippen molar-refractivity contribution in [3.63, 3.8) is 0 Å². The Bertz CT molecular complexity index is 559. The zero-order valence-corrected chi connectivity index (χ0v) is 14.4. The second kappa shape index (κ2) is 7.99. The van der Waals surface area contributed by atoms with Crippen LogP contribution in [0.25, 0.3) is 0 Å². The lowest BCUT2D eigenvalue weighted by molar-refractivity contribution is 0.125. The summed E-state index contributed by atoms with van der Waals surface area (Å²) in [5.74, 6) is 0.531. The highest BCUT2D eigenvalue weighted by molar-refractivity contribution is 5.75. The summed E-state index contributed by atoms with van der Waals surface area (Å²) in [6.45, 7) is 0.879. The number of urea groups is 1. The van der Waals surface area contributed by atoms with Crippen molar-refractivity contribution in [1.82, 2.24) is 10.2 Å². The molecule has 5 nitrogen and oxygen atoms in total. The van der Waals surface area contributed by atoms with E-state index in [-0.39, 0.29) is 24.7 Å². The van der Waals surface area contributed by atoms with Crippen LogP contribution in [0.1, 0.15) is 42.9 Å². The average Bonchev–Trinajstić information content (AvgIpc) is 3.44. The minimum absolute atomic E-state index is 0.0234. The number of nitrogens with zero attached hydrogens (tertiary/aromatic N) is 1. The van der Waals surface area contributed by atoms with Crippen LogP contribution >= 0.6 is 0 Å². The highest BCUT2D eigenvalue weighted by Crippen LogP contribution is 2.35. The highest BCUT2D eigenvalue weighted by atomic mass is 16.5. The normalized spacial score (nSPS) is 21.0. The Kier molecular flexibility index (Phi) is 5.74. The van der Waals surface area contributed by atoms with Crippen LogP contribution in [0.4, 0.5) is 4.79 Å².